The number of nitrogens with one attached hydrogen (secondary N) is 1. The molecule has 0 fully saturated rings. The molecule has 0 bridgehead atoms. The van der Waals surface area contributed by atoms with Gasteiger partial charge < -0.3 is 9.84 Å². The average Bonchev–Trinajstić information content (AvgIpc) is 2.70. The highest BCUT2D eigenvalue weighted by Gasteiger charge is 2.12. The summed E-state index contributed by atoms with van der Waals surface area (Å²) in [7, 11) is 0. The molecule has 98 valence electrons. The van der Waals surface area contributed by atoms with Crippen LogP contribution in [0.4, 0.5) is 0 Å². The zero-order valence-corrected chi connectivity index (χ0v) is 12.2. The van der Waals surface area contributed by atoms with Crippen LogP contribution in [0.25, 0.3) is 0 Å². The van der Waals surface area contributed by atoms with Gasteiger partial charge in [-0.15, -0.1) is 0 Å². The lowest BCUT2D eigenvalue weighted by atomic mass is 10.1. The number of rotatable bonds is 6. The van der Waals surface area contributed by atoms with Crippen LogP contribution in [0, 0.1) is 0 Å². The maximum absolute atomic E-state index is 5.19. The topological polar surface area (TPSA) is 51.0 Å². The van der Waals surface area contributed by atoms with Crippen LogP contribution < -0.4 is 5.32 Å². The highest BCUT2D eigenvalue weighted by Crippen LogP contribution is 2.18. The molecule has 1 N–H and O–H groups in total. The Morgan fingerprint density at radius 2 is 2.12 bits per heavy atom. The minimum atomic E-state index is 0.0696. The van der Waals surface area contributed by atoms with Gasteiger partial charge in [0.05, 0.1) is 12.3 Å². The molecule has 1 aromatic rings. The van der Waals surface area contributed by atoms with Crippen molar-refractivity contribution in [2.45, 2.75) is 64.1 Å². The van der Waals surface area contributed by atoms with Crippen LogP contribution in [0.15, 0.2) is 4.52 Å². The van der Waals surface area contributed by atoms with Gasteiger partial charge in [-0.3, -0.25) is 0 Å². The van der Waals surface area contributed by atoms with Crippen molar-refractivity contribution in [3.8, 4) is 0 Å². The van der Waals surface area contributed by atoms with Crippen molar-refractivity contribution in [1.29, 1.82) is 0 Å². The van der Waals surface area contributed by atoms with Gasteiger partial charge in [0.1, 0.15) is 0 Å². The number of hydrogen-bond acceptors (Lipinski definition) is 5. The quantitative estimate of drug-likeness (QED) is 0.849. The summed E-state index contributed by atoms with van der Waals surface area (Å²) in [6.07, 6.45) is 1.17. The van der Waals surface area contributed by atoms with Gasteiger partial charge in [-0.1, -0.05) is 19.0 Å². The van der Waals surface area contributed by atoms with E-state index in [9.17, 15) is 0 Å². The SMILES string of the molecule is CCC(C)SCc1noc(CNC(C)(C)C)n1. The molecule has 0 spiro atoms. The Labute approximate surface area is 108 Å². The van der Waals surface area contributed by atoms with Crippen molar-refractivity contribution in [2.24, 2.45) is 0 Å². The van der Waals surface area contributed by atoms with Gasteiger partial charge in [-0.25, -0.2) is 0 Å². The number of aromatic nitrogens is 2. The fraction of sp³-hybridized carbons (Fsp3) is 0.833. The van der Waals surface area contributed by atoms with Crippen LogP contribution >= 0.6 is 11.8 Å². The van der Waals surface area contributed by atoms with Crippen molar-refractivity contribution in [3.63, 3.8) is 0 Å². The molecule has 1 rings (SSSR count). The summed E-state index contributed by atoms with van der Waals surface area (Å²) in [5.41, 5.74) is 0.0696. The summed E-state index contributed by atoms with van der Waals surface area (Å²) in [5.74, 6) is 2.29. The summed E-state index contributed by atoms with van der Waals surface area (Å²) in [4.78, 5) is 4.36. The molecule has 0 amide bonds. The van der Waals surface area contributed by atoms with E-state index in [4.69, 9.17) is 4.52 Å². The van der Waals surface area contributed by atoms with Gasteiger partial charge in [0, 0.05) is 10.8 Å². The number of hydrogen-bond donors (Lipinski definition) is 1. The minimum Gasteiger partial charge on any atom is -0.338 e. The zero-order chi connectivity index (χ0) is 12.9. The van der Waals surface area contributed by atoms with E-state index >= 15 is 0 Å². The molecule has 17 heavy (non-hydrogen) atoms. The first-order chi connectivity index (χ1) is 7.90. The highest BCUT2D eigenvalue weighted by molar-refractivity contribution is 7.99. The van der Waals surface area contributed by atoms with Crippen LogP contribution in [0.2, 0.25) is 0 Å². The van der Waals surface area contributed by atoms with Gasteiger partial charge in [0.2, 0.25) is 5.89 Å². The van der Waals surface area contributed by atoms with E-state index in [1.54, 1.807) is 0 Å². The van der Waals surface area contributed by atoms with Crippen molar-refractivity contribution >= 4 is 11.8 Å². The highest BCUT2D eigenvalue weighted by atomic mass is 32.2. The van der Waals surface area contributed by atoms with Crippen LogP contribution in [-0.4, -0.2) is 20.9 Å². The van der Waals surface area contributed by atoms with Crippen LogP contribution in [0.5, 0.6) is 0 Å². The predicted octanol–water partition coefficient (Wildman–Crippen LogP) is 2.99. The fourth-order valence-electron chi connectivity index (χ4n) is 1.10. The molecule has 0 aromatic carbocycles. The first-order valence-electron chi connectivity index (χ1n) is 6.09. The van der Waals surface area contributed by atoms with Crippen molar-refractivity contribution in [2.75, 3.05) is 0 Å². The second-order valence-corrected chi connectivity index (χ2v) is 6.66. The summed E-state index contributed by atoms with van der Waals surface area (Å²) in [6, 6.07) is 0. The molecule has 0 saturated carbocycles. The summed E-state index contributed by atoms with van der Waals surface area (Å²) in [6.45, 7) is 11.4. The molecule has 5 heteroatoms. The largest absolute Gasteiger partial charge is 0.338 e. The Hall–Kier alpha value is -0.550. The maximum atomic E-state index is 5.19. The van der Waals surface area contributed by atoms with Gasteiger partial charge in [0.25, 0.3) is 0 Å². The van der Waals surface area contributed by atoms with Crippen LogP contribution in [-0.2, 0) is 12.3 Å². The molecule has 0 saturated heterocycles. The average molecular weight is 257 g/mol. The third kappa shape index (κ3) is 6.07. The number of thioether (sulfide) groups is 1. The fourth-order valence-corrected chi connectivity index (χ4v) is 1.88. The molecule has 0 aliphatic rings. The first kappa shape index (κ1) is 14.5. The second-order valence-electron chi connectivity index (χ2n) is 5.24. The molecule has 4 nitrogen and oxygen atoms in total. The number of nitrogens with zero attached hydrogens (tertiary/aromatic N) is 2. The molecule has 0 aliphatic heterocycles. The van der Waals surface area contributed by atoms with E-state index in [0.29, 0.717) is 17.7 Å². The Morgan fingerprint density at radius 3 is 2.71 bits per heavy atom. The lowest BCUT2D eigenvalue weighted by Gasteiger charge is -2.18. The Morgan fingerprint density at radius 1 is 1.41 bits per heavy atom. The second kappa shape index (κ2) is 6.40. The van der Waals surface area contributed by atoms with Crippen molar-refractivity contribution in [1.82, 2.24) is 15.5 Å². The maximum Gasteiger partial charge on any atom is 0.240 e. The van der Waals surface area contributed by atoms with E-state index in [2.05, 4.69) is 50.1 Å². The van der Waals surface area contributed by atoms with Crippen molar-refractivity contribution < 1.29 is 4.52 Å². The monoisotopic (exact) mass is 257 g/mol. The third-order valence-electron chi connectivity index (χ3n) is 2.35. The molecule has 1 heterocycles. The van der Waals surface area contributed by atoms with Crippen LogP contribution in [0.3, 0.4) is 0 Å². The molecule has 0 aliphatic carbocycles. The van der Waals surface area contributed by atoms with E-state index in [1.165, 1.54) is 6.42 Å². The van der Waals surface area contributed by atoms with E-state index < -0.39 is 0 Å². The lowest BCUT2D eigenvalue weighted by molar-refractivity contribution is 0.334. The molecule has 1 unspecified atom stereocenters. The zero-order valence-electron chi connectivity index (χ0n) is 11.4. The van der Waals surface area contributed by atoms with E-state index in [-0.39, 0.29) is 5.54 Å². The molecule has 1 atom stereocenters. The Kier molecular flexibility index (Phi) is 5.46. The van der Waals surface area contributed by atoms with Gasteiger partial charge in [-0.05, 0) is 27.2 Å². The van der Waals surface area contributed by atoms with E-state index in [0.717, 1.165) is 11.6 Å². The normalized spacial score (nSPS) is 13.9. The van der Waals surface area contributed by atoms with Gasteiger partial charge in [0.15, 0.2) is 5.82 Å². The minimum absolute atomic E-state index is 0.0696. The lowest BCUT2D eigenvalue weighted by Crippen LogP contribution is -2.35. The van der Waals surface area contributed by atoms with Crippen molar-refractivity contribution in [3.05, 3.63) is 11.7 Å². The summed E-state index contributed by atoms with van der Waals surface area (Å²) in [5, 5.41) is 7.94. The first-order valence-corrected chi connectivity index (χ1v) is 7.13. The summed E-state index contributed by atoms with van der Waals surface area (Å²) >= 11 is 1.86. The smallest absolute Gasteiger partial charge is 0.240 e. The molecule has 0 radical (unpaired) electrons. The van der Waals surface area contributed by atoms with Gasteiger partial charge in [-0.2, -0.15) is 16.7 Å². The van der Waals surface area contributed by atoms with Crippen LogP contribution in [0.1, 0.15) is 52.8 Å². The summed E-state index contributed by atoms with van der Waals surface area (Å²) < 4.78 is 5.19. The molecular formula is C12H23N3OS. The third-order valence-corrected chi connectivity index (χ3v) is 3.68. The Bertz CT molecular complexity index is 333. The molecule has 1 aromatic heterocycles. The van der Waals surface area contributed by atoms with Gasteiger partial charge >= 0.3 is 0 Å². The molecular weight excluding hydrogens is 234 g/mol. The predicted molar refractivity (Wildman–Crippen MR) is 71.9 cm³/mol. The standard InChI is InChI=1S/C12H23N3OS/c1-6-9(2)17-8-10-14-11(16-15-10)7-13-12(3,4)5/h9,13H,6-8H2,1-5H3. The Balaban J connectivity index is 2.37. The van der Waals surface area contributed by atoms with E-state index in [1.807, 2.05) is 11.8 Å².